The zero-order valence-corrected chi connectivity index (χ0v) is 12.6. The van der Waals surface area contributed by atoms with Crippen LogP contribution in [0.4, 0.5) is 9.93 Å². The molecule has 7 heteroatoms. The minimum Gasteiger partial charge on any atom is -0.355 e. The third-order valence-electron chi connectivity index (χ3n) is 2.86. The second kappa shape index (κ2) is 6.85. The third-order valence-corrected chi connectivity index (χ3v) is 3.54. The van der Waals surface area contributed by atoms with Gasteiger partial charge in [-0.1, -0.05) is 12.1 Å². The van der Waals surface area contributed by atoms with Crippen LogP contribution in [0.2, 0.25) is 0 Å². The average Bonchev–Trinajstić information content (AvgIpc) is 3.00. The zero-order valence-electron chi connectivity index (χ0n) is 11.8. The Morgan fingerprint density at radius 1 is 1.29 bits per heavy atom. The van der Waals surface area contributed by atoms with Crippen molar-refractivity contribution in [1.29, 1.82) is 0 Å². The smallest absolute Gasteiger partial charge is 0.323 e. The number of benzene rings is 1. The standard InChI is InChI=1S/C14H16N4O2S/c1-15-12(19)11-5-3-10(4-6-11)9-18(2)14(20)17-13-16-7-8-21-13/h3-8H,9H2,1-2H3,(H,15,19)(H,16,17,20). The molecule has 0 aliphatic rings. The van der Waals surface area contributed by atoms with Crippen LogP contribution in [-0.2, 0) is 6.54 Å². The van der Waals surface area contributed by atoms with E-state index in [0.29, 0.717) is 17.2 Å². The van der Waals surface area contributed by atoms with E-state index in [1.165, 1.54) is 11.3 Å². The number of aromatic nitrogens is 1. The van der Waals surface area contributed by atoms with Crippen LogP contribution in [0, 0.1) is 0 Å². The number of nitrogens with zero attached hydrogens (tertiary/aromatic N) is 2. The fourth-order valence-electron chi connectivity index (χ4n) is 1.72. The maximum absolute atomic E-state index is 12.0. The van der Waals surface area contributed by atoms with E-state index < -0.39 is 0 Å². The van der Waals surface area contributed by atoms with Gasteiger partial charge in [0, 0.05) is 37.8 Å². The number of urea groups is 1. The molecule has 0 saturated heterocycles. The largest absolute Gasteiger partial charge is 0.355 e. The fraction of sp³-hybridized carbons (Fsp3) is 0.214. The molecule has 0 atom stereocenters. The van der Waals surface area contributed by atoms with Crippen molar-refractivity contribution in [2.24, 2.45) is 0 Å². The quantitative estimate of drug-likeness (QED) is 0.909. The molecule has 110 valence electrons. The van der Waals surface area contributed by atoms with Crippen molar-refractivity contribution in [2.45, 2.75) is 6.54 Å². The summed E-state index contributed by atoms with van der Waals surface area (Å²) in [7, 11) is 3.29. The molecular weight excluding hydrogens is 288 g/mol. The van der Waals surface area contributed by atoms with Gasteiger partial charge in [-0.3, -0.25) is 10.1 Å². The zero-order chi connectivity index (χ0) is 15.2. The molecule has 21 heavy (non-hydrogen) atoms. The molecule has 0 aliphatic heterocycles. The molecule has 2 aromatic rings. The van der Waals surface area contributed by atoms with E-state index in [-0.39, 0.29) is 11.9 Å². The third kappa shape index (κ3) is 4.03. The molecule has 1 heterocycles. The lowest BCUT2D eigenvalue weighted by Crippen LogP contribution is -2.30. The molecular formula is C14H16N4O2S. The summed E-state index contributed by atoms with van der Waals surface area (Å²) in [6, 6.07) is 6.91. The van der Waals surface area contributed by atoms with Gasteiger partial charge in [-0.15, -0.1) is 11.3 Å². The summed E-state index contributed by atoms with van der Waals surface area (Å²) in [6.07, 6.45) is 1.64. The molecule has 0 bridgehead atoms. The highest BCUT2D eigenvalue weighted by molar-refractivity contribution is 7.13. The number of rotatable bonds is 4. The lowest BCUT2D eigenvalue weighted by atomic mass is 10.1. The van der Waals surface area contributed by atoms with Gasteiger partial charge in [0.1, 0.15) is 0 Å². The molecule has 6 nitrogen and oxygen atoms in total. The summed E-state index contributed by atoms with van der Waals surface area (Å²) in [6.45, 7) is 0.450. The Kier molecular flexibility index (Phi) is 4.89. The summed E-state index contributed by atoms with van der Waals surface area (Å²) < 4.78 is 0. The summed E-state index contributed by atoms with van der Waals surface area (Å²) >= 11 is 1.37. The lowest BCUT2D eigenvalue weighted by Gasteiger charge is -2.17. The first kappa shape index (κ1) is 15.0. The van der Waals surface area contributed by atoms with Gasteiger partial charge >= 0.3 is 6.03 Å². The van der Waals surface area contributed by atoms with Crippen LogP contribution in [0.15, 0.2) is 35.8 Å². The maximum atomic E-state index is 12.0. The average molecular weight is 304 g/mol. The van der Waals surface area contributed by atoms with E-state index in [9.17, 15) is 9.59 Å². The Hall–Kier alpha value is -2.41. The molecule has 1 aromatic carbocycles. The first-order chi connectivity index (χ1) is 10.1. The monoisotopic (exact) mass is 304 g/mol. The molecule has 1 aromatic heterocycles. The summed E-state index contributed by atoms with van der Waals surface area (Å²) in [5.74, 6) is -0.128. The van der Waals surface area contributed by atoms with Crippen molar-refractivity contribution in [3.63, 3.8) is 0 Å². The summed E-state index contributed by atoms with van der Waals surface area (Å²) in [5.41, 5.74) is 1.54. The molecule has 0 fully saturated rings. The predicted molar refractivity (Wildman–Crippen MR) is 82.4 cm³/mol. The molecule has 3 amide bonds. The van der Waals surface area contributed by atoms with Crippen molar-refractivity contribution in [3.8, 4) is 0 Å². The van der Waals surface area contributed by atoms with E-state index in [1.54, 1.807) is 42.7 Å². The lowest BCUT2D eigenvalue weighted by molar-refractivity contribution is 0.0963. The van der Waals surface area contributed by atoms with Crippen molar-refractivity contribution in [2.75, 3.05) is 19.4 Å². The second-order valence-corrected chi connectivity index (χ2v) is 5.29. The topological polar surface area (TPSA) is 74.3 Å². The van der Waals surface area contributed by atoms with Crippen LogP contribution in [0.1, 0.15) is 15.9 Å². The minimum atomic E-state index is -0.222. The van der Waals surface area contributed by atoms with Gasteiger partial charge in [-0.25, -0.2) is 9.78 Å². The Morgan fingerprint density at radius 3 is 2.57 bits per heavy atom. The van der Waals surface area contributed by atoms with Crippen LogP contribution in [-0.4, -0.2) is 35.9 Å². The normalized spacial score (nSPS) is 10.0. The fourth-order valence-corrected chi connectivity index (χ4v) is 2.24. The summed E-state index contributed by atoms with van der Waals surface area (Å²) in [4.78, 5) is 28.9. The number of amides is 3. The van der Waals surface area contributed by atoms with Crippen LogP contribution in [0.5, 0.6) is 0 Å². The Bertz CT molecular complexity index is 610. The first-order valence-corrected chi connectivity index (χ1v) is 7.20. The molecule has 0 radical (unpaired) electrons. The number of carbonyl (C=O) groups excluding carboxylic acids is 2. The van der Waals surface area contributed by atoms with Gasteiger partial charge in [-0.2, -0.15) is 0 Å². The first-order valence-electron chi connectivity index (χ1n) is 6.33. The Labute approximate surface area is 126 Å². The number of anilines is 1. The number of hydrogen-bond acceptors (Lipinski definition) is 4. The number of carbonyl (C=O) groups is 2. The Morgan fingerprint density at radius 2 is 2.00 bits per heavy atom. The Balaban J connectivity index is 1.94. The molecule has 2 N–H and O–H groups in total. The maximum Gasteiger partial charge on any atom is 0.323 e. The van der Waals surface area contributed by atoms with Gasteiger partial charge < -0.3 is 10.2 Å². The van der Waals surface area contributed by atoms with E-state index in [4.69, 9.17) is 0 Å². The van der Waals surface area contributed by atoms with Gasteiger partial charge in [0.15, 0.2) is 5.13 Å². The number of thiazole rings is 1. The van der Waals surface area contributed by atoms with E-state index in [1.807, 2.05) is 12.1 Å². The van der Waals surface area contributed by atoms with Crippen LogP contribution < -0.4 is 10.6 Å². The predicted octanol–water partition coefficient (Wildman–Crippen LogP) is 2.17. The SMILES string of the molecule is CNC(=O)c1ccc(CN(C)C(=O)Nc2nccs2)cc1. The highest BCUT2D eigenvalue weighted by atomic mass is 32.1. The minimum absolute atomic E-state index is 0.128. The molecule has 0 unspecified atom stereocenters. The number of nitrogens with one attached hydrogen (secondary N) is 2. The van der Waals surface area contributed by atoms with E-state index in [2.05, 4.69) is 15.6 Å². The number of hydrogen-bond donors (Lipinski definition) is 2. The van der Waals surface area contributed by atoms with Crippen molar-refractivity contribution < 1.29 is 9.59 Å². The van der Waals surface area contributed by atoms with Crippen molar-refractivity contribution >= 4 is 28.4 Å². The molecule has 0 spiro atoms. The van der Waals surface area contributed by atoms with Gasteiger partial charge in [0.25, 0.3) is 5.91 Å². The molecule has 0 saturated carbocycles. The van der Waals surface area contributed by atoms with Crippen LogP contribution in [0.3, 0.4) is 0 Å². The summed E-state index contributed by atoms with van der Waals surface area (Å²) in [5, 5.41) is 7.65. The van der Waals surface area contributed by atoms with Gasteiger partial charge in [0.05, 0.1) is 0 Å². The highest BCUT2D eigenvalue weighted by Gasteiger charge is 2.11. The molecule has 2 rings (SSSR count). The van der Waals surface area contributed by atoms with E-state index in [0.717, 1.165) is 5.56 Å². The van der Waals surface area contributed by atoms with Gasteiger partial charge in [-0.05, 0) is 17.7 Å². The van der Waals surface area contributed by atoms with Crippen LogP contribution in [0.25, 0.3) is 0 Å². The highest BCUT2D eigenvalue weighted by Crippen LogP contribution is 2.12. The van der Waals surface area contributed by atoms with Crippen molar-refractivity contribution in [3.05, 3.63) is 47.0 Å². The van der Waals surface area contributed by atoms with Crippen LogP contribution >= 0.6 is 11.3 Å². The molecule has 0 aliphatic carbocycles. The second-order valence-electron chi connectivity index (χ2n) is 4.40. The van der Waals surface area contributed by atoms with E-state index >= 15 is 0 Å². The van der Waals surface area contributed by atoms with Gasteiger partial charge in [0.2, 0.25) is 0 Å². The van der Waals surface area contributed by atoms with Crippen molar-refractivity contribution in [1.82, 2.24) is 15.2 Å².